The van der Waals surface area contributed by atoms with Gasteiger partial charge in [-0.05, 0) is 61.4 Å². The third kappa shape index (κ3) is 7.26. The van der Waals surface area contributed by atoms with E-state index in [4.69, 9.17) is 9.47 Å². The van der Waals surface area contributed by atoms with E-state index in [1.54, 1.807) is 13.2 Å². The summed E-state index contributed by atoms with van der Waals surface area (Å²) in [6.07, 6.45) is 1.82. The maximum atomic E-state index is 12.4. The van der Waals surface area contributed by atoms with E-state index in [-0.39, 0.29) is 5.75 Å². The molecule has 0 spiro atoms. The van der Waals surface area contributed by atoms with Gasteiger partial charge >= 0.3 is 6.36 Å². The van der Waals surface area contributed by atoms with Crippen LogP contribution in [-0.2, 0) is 6.42 Å². The fourth-order valence-corrected chi connectivity index (χ4v) is 4.01. The van der Waals surface area contributed by atoms with Crippen LogP contribution < -0.4 is 19.5 Å². The first-order valence-corrected chi connectivity index (χ1v) is 10.8. The number of halogens is 3. The standard InChI is InChI=1S/C24H30F3NO3/c1-3-17-7-9-19(10-8-17)28-20-11-12-22(29-2)23(16-20)30-14-13-18-5-4-6-21(15-18)31-24(25,26)27/h4-6,11-12,15-17,19,28H,3,7-10,13-14H2,1-2H3. The van der Waals surface area contributed by atoms with E-state index in [9.17, 15) is 13.2 Å². The molecular formula is C24H30F3NO3. The summed E-state index contributed by atoms with van der Waals surface area (Å²) in [5.41, 5.74) is 1.68. The molecule has 1 aliphatic carbocycles. The zero-order chi connectivity index (χ0) is 22.3. The Morgan fingerprint density at radius 2 is 1.77 bits per heavy atom. The highest BCUT2D eigenvalue weighted by molar-refractivity contribution is 5.55. The van der Waals surface area contributed by atoms with Crippen LogP contribution in [0.3, 0.4) is 0 Å². The third-order valence-electron chi connectivity index (χ3n) is 5.74. The molecule has 3 rings (SSSR count). The first kappa shape index (κ1) is 23.1. The normalized spacial score (nSPS) is 19.0. The topological polar surface area (TPSA) is 39.7 Å². The fraction of sp³-hybridized carbons (Fsp3) is 0.500. The molecule has 0 aromatic heterocycles. The highest BCUT2D eigenvalue weighted by atomic mass is 19.4. The van der Waals surface area contributed by atoms with Crippen molar-refractivity contribution in [3.05, 3.63) is 48.0 Å². The molecule has 1 fully saturated rings. The minimum Gasteiger partial charge on any atom is -0.493 e. The largest absolute Gasteiger partial charge is 0.573 e. The summed E-state index contributed by atoms with van der Waals surface area (Å²) < 4.78 is 52.5. The molecule has 0 heterocycles. The maximum Gasteiger partial charge on any atom is 0.573 e. The Kier molecular flexibility index (Phi) is 7.93. The molecule has 1 N–H and O–H groups in total. The van der Waals surface area contributed by atoms with Gasteiger partial charge in [0.25, 0.3) is 0 Å². The average molecular weight is 438 g/mol. The fourth-order valence-electron chi connectivity index (χ4n) is 4.01. The lowest BCUT2D eigenvalue weighted by molar-refractivity contribution is -0.274. The Balaban J connectivity index is 1.57. The smallest absolute Gasteiger partial charge is 0.493 e. The van der Waals surface area contributed by atoms with Crippen LogP contribution in [0.4, 0.5) is 18.9 Å². The van der Waals surface area contributed by atoms with Crippen LogP contribution in [0.15, 0.2) is 42.5 Å². The minimum absolute atomic E-state index is 0.230. The molecule has 0 saturated heterocycles. The summed E-state index contributed by atoms with van der Waals surface area (Å²) in [6, 6.07) is 12.2. The van der Waals surface area contributed by atoms with Crippen molar-refractivity contribution < 1.29 is 27.4 Å². The van der Waals surface area contributed by atoms with Crippen LogP contribution in [-0.4, -0.2) is 26.1 Å². The van der Waals surface area contributed by atoms with E-state index in [1.165, 1.54) is 37.5 Å². The molecule has 31 heavy (non-hydrogen) atoms. The van der Waals surface area contributed by atoms with Gasteiger partial charge in [-0.3, -0.25) is 0 Å². The molecule has 170 valence electrons. The Morgan fingerprint density at radius 1 is 1.00 bits per heavy atom. The zero-order valence-corrected chi connectivity index (χ0v) is 18.0. The number of rotatable bonds is 9. The molecule has 2 aromatic rings. The van der Waals surface area contributed by atoms with Gasteiger partial charge in [0.05, 0.1) is 13.7 Å². The third-order valence-corrected chi connectivity index (χ3v) is 5.74. The van der Waals surface area contributed by atoms with E-state index in [0.717, 1.165) is 24.4 Å². The zero-order valence-electron chi connectivity index (χ0n) is 18.0. The van der Waals surface area contributed by atoms with Crippen molar-refractivity contribution in [1.29, 1.82) is 0 Å². The van der Waals surface area contributed by atoms with Gasteiger partial charge in [-0.15, -0.1) is 13.2 Å². The van der Waals surface area contributed by atoms with Crippen LogP contribution in [0.1, 0.15) is 44.6 Å². The minimum atomic E-state index is -4.70. The highest BCUT2D eigenvalue weighted by Gasteiger charge is 2.31. The summed E-state index contributed by atoms with van der Waals surface area (Å²) in [6.45, 7) is 2.56. The molecule has 2 aromatic carbocycles. The first-order valence-electron chi connectivity index (χ1n) is 10.8. The van der Waals surface area contributed by atoms with Crippen molar-refractivity contribution in [3.63, 3.8) is 0 Å². The lowest BCUT2D eigenvalue weighted by Crippen LogP contribution is -2.25. The number of benzene rings is 2. The number of hydrogen-bond acceptors (Lipinski definition) is 4. The summed E-state index contributed by atoms with van der Waals surface area (Å²) in [5, 5.41) is 3.60. The number of hydrogen-bond donors (Lipinski definition) is 1. The van der Waals surface area contributed by atoms with Gasteiger partial charge in [-0.2, -0.15) is 0 Å². The predicted octanol–water partition coefficient (Wildman–Crippen LogP) is 6.60. The van der Waals surface area contributed by atoms with E-state index < -0.39 is 6.36 Å². The maximum absolute atomic E-state index is 12.4. The Hall–Kier alpha value is -2.57. The molecule has 1 saturated carbocycles. The molecule has 7 heteroatoms. The summed E-state index contributed by atoms with van der Waals surface area (Å²) >= 11 is 0. The Bertz CT molecular complexity index is 833. The average Bonchev–Trinajstić information content (AvgIpc) is 2.74. The quantitative estimate of drug-likeness (QED) is 0.480. The van der Waals surface area contributed by atoms with Gasteiger partial charge in [0.2, 0.25) is 0 Å². The van der Waals surface area contributed by atoms with Gasteiger partial charge in [0.1, 0.15) is 5.75 Å². The second-order valence-electron chi connectivity index (χ2n) is 7.93. The van der Waals surface area contributed by atoms with Gasteiger partial charge in [-0.1, -0.05) is 25.5 Å². The predicted molar refractivity (Wildman–Crippen MR) is 115 cm³/mol. The molecule has 0 unspecified atom stereocenters. The van der Waals surface area contributed by atoms with Gasteiger partial charge in [0, 0.05) is 24.2 Å². The van der Waals surface area contributed by atoms with Crippen LogP contribution in [0.25, 0.3) is 0 Å². The summed E-state index contributed by atoms with van der Waals surface area (Å²) in [5.74, 6) is 1.84. The van der Waals surface area contributed by atoms with E-state index >= 15 is 0 Å². The Labute approximate surface area is 181 Å². The van der Waals surface area contributed by atoms with Crippen LogP contribution in [0.2, 0.25) is 0 Å². The SMILES string of the molecule is CCC1CCC(Nc2ccc(OC)c(OCCc3cccc(OC(F)(F)F)c3)c2)CC1. The van der Waals surface area contributed by atoms with E-state index in [2.05, 4.69) is 17.0 Å². The summed E-state index contributed by atoms with van der Waals surface area (Å²) in [4.78, 5) is 0. The van der Waals surface area contributed by atoms with Crippen molar-refractivity contribution in [1.82, 2.24) is 0 Å². The Morgan fingerprint density at radius 3 is 2.45 bits per heavy atom. The molecule has 0 atom stereocenters. The number of nitrogens with one attached hydrogen (secondary N) is 1. The molecule has 0 bridgehead atoms. The number of alkyl halides is 3. The van der Waals surface area contributed by atoms with Crippen molar-refractivity contribution in [2.45, 2.75) is 57.9 Å². The molecule has 0 aliphatic heterocycles. The van der Waals surface area contributed by atoms with E-state index in [0.29, 0.717) is 36.1 Å². The molecular weight excluding hydrogens is 407 g/mol. The highest BCUT2D eigenvalue weighted by Crippen LogP contribution is 2.33. The monoisotopic (exact) mass is 437 g/mol. The van der Waals surface area contributed by atoms with Crippen molar-refractivity contribution in [2.24, 2.45) is 5.92 Å². The van der Waals surface area contributed by atoms with Crippen LogP contribution >= 0.6 is 0 Å². The van der Waals surface area contributed by atoms with Crippen molar-refractivity contribution >= 4 is 5.69 Å². The second kappa shape index (κ2) is 10.6. The van der Waals surface area contributed by atoms with Gasteiger partial charge in [0.15, 0.2) is 11.5 Å². The van der Waals surface area contributed by atoms with E-state index in [1.807, 2.05) is 18.2 Å². The lowest BCUT2D eigenvalue weighted by atomic mass is 9.84. The lowest BCUT2D eigenvalue weighted by Gasteiger charge is -2.29. The van der Waals surface area contributed by atoms with Crippen LogP contribution in [0, 0.1) is 5.92 Å². The van der Waals surface area contributed by atoms with Gasteiger partial charge in [-0.25, -0.2) is 0 Å². The molecule has 1 aliphatic rings. The summed E-state index contributed by atoms with van der Waals surface area (Å²) in [7, 11) is 1.58. The first-order chi connectivity index (χ1) is 14.9. The molecule has 0 radical (unpaired) electrons. The molecule has 4 nitrogen and oxygen atoms in total. The van der Waals surface area contributed by atoms with Crippen LogP contribution in [0.5, 0.6) is 17.2 Å². The number of ether oxygens (including phenoxy) is 3. The van der Waals surface area contributed by atoms with Crippen molar-refractivity contribution in [3.8, 4) is 17.2 Å². The number of methoxy groups -OCH3 is 1. The van der Waals surface area contributed by atoms with Gasteiger partial charge < -0.3 is 19.5 Å². The second-order valence-corrected chi connectivity index (χ2v) is 7.93. The molecule has 0 amide bonds. The van der Waals surface area contributed by atoms with Crippen molar-refractivity contribution in [2.75, 3.05) is 19.0 Å². The number of anilines is 1.